The molecule has 0 radical (unpaired) electrons. The fraction of sp³-hybridized carbons (Fsp3) is 0.536. The summed E-state index contributed by atoms with van der Waals surface area (Å²) in [4.78, 5) is 18.4. The summed E-state index contributed by atoms with van der Waals surface area (Å²) < 4.78 is 0. The summed E-state index contributed by atoms with van der Waals surface area (Å²) in [5.74, 6) is 0.231. The van der Waals surface area contributed by atoms with Crippen LogP contribution in [0.1, 0.15) is 42.4 Å². The second-order valence-electron chi connectivity index (χ2n) is 10.3. The molecule has 5 rings (SSSR count). The standard InChI is InChI=1S/C28H37ClN4O/c1-32-16-12-22-5-2-3-7-25(22)28(32)13-17-33(18-14-28)27(34)26(31-20-24-6-4-15-30-24)19-21-8-10-23(29)11-9-21/h2-3,5,7-11,24,26,30-31H,4,6,12-20H2,1H3/t24-,26+/m0/s1. The predicted molar refractivity (Wildman–Crippen MR) is 138 cm³/mol. The average Bonchev–Trinajstić information content (AvgIpc) is 3.39. The van der Waals surface area contributed by atoms with Crippen molar-refractivity contribution in [2.24, 2.45) is 0 Å². The van der Waals surface area contributed by atoms with Gasteiger partial charge < -0.3 is 15.5 Å². The Labute approximate surface area is 208 Å². The number of halogens is 1. The minimum Gasteiger partial charge on any atom is -0.341 e. The molecule has 2 N–H and O–H groups in total. The molecule has 6 heteroatoms. The smallest absolute Gasteiger partial charge is 0.240 e. The number of carbonyl (C=O) groups excluding carboxylic acids is 1. The number of likely N-dealkylation sites (N-methyl/N-ethyl adjacent to an activating group) is 1. The van der Waals surface area contributed by atoms with E-state index in [9.17, 15) is 4.79 Å². The molecule has 0 unspecified atom stereocenters. The summed E-state index contributed by atoms with van der Waals surface area (Å²) in [5.41, 5.74) is 4.15. The number of hydrogen-bond donors (Lipinski definition) is 2. The van der Waals surface area contributed by atoms with Crippen LogP contribution in [0.3, 0.4) is 0 Å². The third kappa shape index (κ3) is 4.90. The second kappa shape index (κ2) is 10.4. The predicted octanol–water partition coefficient (Wildman–Crippen LogP) is 3.60. The summed E-state index contributed by atoms with van der Waals surface area (Å²) in [6, 6.07) is 17.1. The normalized spacial score (nSPS) is 23.1. The SMILES string of the molecule is CN1CCc2ccccc2C12CCN(C(=O)[C@@H](Cc1ccc(Cl)cc1)NC[C@@H]1CCCN1)CC2. The molecule has 2 aromatic carbocycles. The first kappa shape index (κ1) is 23.8. The Hall–Kier alpha value is -1.92. The summed E-state index contributed by atoms with van der Waals surface area (Å²) in [7, 11) is 2.26. The summed E-state index contributed by atoms with van der Waals surface area (Å²) in [6.07, 6.45) is 6.17. The Balaban J connectivity index is 1.29. The number of hydrogen-bond acceptors (Lipinski definition) is 4. The highest BCUT2D eigenvalue weighted by molar-refractivity contribution is 6.30. The number of likely N-dealkylation sites (tertiary alicyclic amines) is 1. The lowest BCUT2D eigenvalue weighted by molar-refractivity contribution is -0.136. The van der Waals surface area contributed by atoms with Crippen molar-refractivity contribution in [2.75, 3.05) is 39.8 Å². The minimum absolute atomic E-state index is 0.0541. The van der Waals surface area contributed by atoms with Crippen LogP contribution in [-0.2, 0) is 23.2 Å². The van der Waals surface area contributed by atoms with Crippen LogP contribution < -0.4 is 10.6 Å². The molecule has 2 atom stereocenters. The van der Waals surface area contributed by atoms with Gasteiger partial charge in [-0.15, -0.1) is 0 Å². The molecular weight excluding hydrogens is 444 g/mol. The van der Waals surface area contributed by atoms with Crippen molar-refractivity contribution in [1.82, 2.24) is 20.4 Å². The molecule has 1 spiro atoms. The van der Waals surface area contributed by atoms with Crippen LogP contribution in [0.5, 0.6) is 0 Å². The van der Waals surface area contributed by atoms with Gasteiger partial charge in [-0.2, -0.15) is 0 Å². The maximum atomic E-state index is 13.8. The number of carbonyl (C=O) groups is 1. The van der Waals surface area contributed by atoms with Gasteiger partial charge in [-0.1, -0.05) is 48.0 Å². The van der Waals surface area contributed by atoms with Crippen molar-refractivity contribution in [3.05, 3.63) is 70.2 Å². The van der Waals surface area contributed by atoms with Gasteiger partial charge >= 0.3 is 0 Å². The van der Waals surface area contributed by atoms with E-state index in [2.05, 4.69) is 51.7 Å². The maximum Gasteiger partial charge on any atom is 0.240 e. The number of nitrogens with zero attached hydrogens (tertiary/aromatic N) is 2. The summed E-state index contributed by atoms with van der Waals surface area (Å²) >= 11 is 6.10. The Morgan fingerprint density at radius 2 is 1.91 bits per heavy atom. The van der Waals surface area contributed by atoms with Gasteiger partial charge in [-0.05, 0) is 80.9 Å². The van der Waals surface area contributed by atoms with Crippen LogP contribution in [0.15, 0.2) is 48.5 Å². The molecular formula is C28H37ClN4O. The molecule has 0 saturated carbocycles. The Morgan fingerprint density at radius 1 is 1.15 bits per heavy atom. The Bertz CT molecular complexity index is 980. The van der Waals surface area contributed by atoms with Crippen molar-refractivity contribution < 1.29 is 4.79 Å². The number of benzene rings is 2. The molecule has 2 fully saturated rings. The molecule has 3 heterocycles. The van der Waals surface area contributed by atoms with E-state index in [1.165, 1.54) is 24.0 Å². The fourth-order valence-electron chi connectivity index (χ4n) is 6.19. The highest BCUT2D eigenvalue weighted by Gasteiger charge is 2.44. The van der Waals surface area contributed by atoms with Crippen LogP contribution in [0.4, 0.5) is 0 Å². The van der Waals surface area contributed by atoms with E-state index in [1.807, 2.05) is 24.3 Å². The van der Waals surface area contributed by atoms with E-state index >= 15 is 0 Å². The first-order chi connectivity index (χ1) is 16.5. The van der Waals surface area contributed by atoms with Gasteiger partial charge in [-0.25, -0.2) is 0 Å². The van der Waals surface area contributed by atoms with Gasteiger partial charge in [-0.3, -0.25) is 9.69 Å². The number of piperidine rings is 1. The van der Waals surface area contributed by atoms with E-state index in [1.54, 1.807) is 0 Å². The van der Waals surface area contributed by atoms with E-state index in [-0.39, 0.29) is 17.5 Å². The maximum absolute atomic E-state index is 13.8. The van der Waals surface area contributed by atoms with Crippen molar-refractivity contribution in [2.45, 2.75) is 56.1 Å². The molecule has 0 aromatic heterocycles. The van der Waals surface area contributed by atoms with Gasteiger partial charge in [0, 0.05) is 42.8 Å². The molecule has 5 nitrogen and oxygen atoms in total. The van der Waals surface area contributed by atoms with Crippen molar-refractivity contribution in [3.8, 4) is 0 Å². The van der Waals surface area contributed by atoms with Gasteiger partial charge in [0.2, 0.25) is 5.91 Å². The van der Waals surface area contributed by atoms with Gasteiger partial charge in [0.1, 0.15) is 0 Å². The third-order valence-electron chi connectivity index (χ3n) is 8.29. The topological polar surface area (TPSA) is 47.6 Å². The summed E-state index contributed by atoms with van der Waals surface area (Å²) in [6.45, 7) is 4.60. The first-order valence-electron chi connectivity index (χ1n) is 12.8. The lowest BCUT2D eigenvalue weighted by Crippen LogP contribution is -2.58. The Kier molecular flexibility index (Phi) is 7.26. The molecule has 1 amide bonds. The zero-order valence-corrected chi connectivity index (χ0v) is 21.0. The monoisotopic (exact) mass is 480 g/mol. The van der Waals surface area contributed by atoms with Crippen LogP contribution >= 0.6 is 11.6 Å². The largest absolute Gasteiger partial charge is 0.341 e. The molecule has 34 heavy (non-hydrogen) atoms. The number of amides is 1. The van der Waals surface area contributed by atoms with E-state index in [4.69, 9.17) is 11.6 Å². The second-order valence-corrected chi connectivity index (χ2v) is 10.7. The molecule has 2 aromatic rings. The molecule has 0 bridgehead atoms. The van der Waals surface area contributed by atoms with Crippen molar-refractivity contribution >= 4 is 17.5 Å². The highest BCUT2D eigenvalue weighted by Crippen LogP contribution is 2.42. The van der Waals surface area contributed by atoms with Crippen LogP contribution in [0.2, 0.25) is 5.02 Å². The zero-order valence-electron chi connectivity index (χ0n) is 20.2. The average molecular weight is 481 g/mol. The molecule has 2 saturated heterocycles. The van der Waals surface area contributed by atoms with E-state index in [0.717, 1.165) is 62.6 Å². The lowest BCUT2D eigenvalue weighted by Gasteiger charge is -2.51. The number of rotatable bonds is 6. The van der Waals surface area contributed by atoms with Crippen LogP contribution in [0.25, 0.3) is 0 Å². The fourth-order valence-corrected chi connectivity index (χ4v) is 6.31. The molecule has 182 valence electrons. The van der Waals surface area contributed by atoms with Gasteiger partial charge in [0.25, 0.3) is 0 Å². The Morgan fingerprint density at radius 3 is 2.65 bits per heavy atom. The number of fused-ring (bicyclic) bond motifs is 2. The van der Waals surface area contributed by atoms with Crippen molar-refractivity contribution in [1.29, 1.82) is 0 Å². The molecule has 3 aliphatic heterocycles. The number of nitrogens with one attached hydrogen (secondary N) is 2. The zero-order chi connectivity index (χ0) is 23.5. The van der Waals surface area contributed by atoms with Crippen LogP contribution in [0, 0.1) is 0 Å². The lowest BCUT2D eigenvalue weighted by atomic mass is 9.74. The first-order valence-corrected chi connectivity index (χ1v) is 13.2. The minimum atomic E-state index is -0.214. The van der Waals surface area contributed by atoms with Gasteiger partial charge in [0.05, 0.1) is 6.04 Å². The van der Waals surface area contributed by atoms with Crippen LogP contribution in [-0.4, -0.2) is 67.6 Å². The van der Waals surface area contributed by atoms with E-state index < -0.39 is 0 Å². The quantitative estimate of drug-likeness (QED) is 0.663. The molecule has 3 aliphatic rings. The molecule has 0 aliphatic carbocycles. The summed E-state index contributed by atoms with van der Waals surface area (Å²) in [5, 5.41) is 7.89. The van der Waals surface area contributed by atoms with Gasteiger partial charge in [0.15, 0.2) is 0 Å². The highest BCUT2D eigenvalue weighted by atomic mass is 35.5. The van der Waals surface area contributed by atoms with E-state index in [0.29, 0.717) is 12.5 Å². The van der Waals surface area contributed by atoms with Crippen molar-refractivity contribution in [3.63, 3.8) is 0 Å². The third-order valence-corrected chi connectivity index (χ3v) is 8.54.